The number of halogens is 1. The van der Waals surface area contributed by atoms with Crippen LogP contribution in [0.2, 0.25) is 0 Å². The number of aromatic hydroxyl groups is 1. The third-order valence-electron chi connectivity index (χ3n) is 4.63. The van der Waals surface area contributed by atoms with Crippen LogP contribution in [0.3, 0.4) is 0 Å². The predicted molar refractivity (Wildman–Crippen MR) is 134 cm³/mol. The fourth-order valence-electron chi connectivity index (χ4n) is 2.88. The van der Waals surface area contributed by atoms with Crippen LogP contribution in [0.25, 0.3) is 0 Å². The van der Waals surface area contributed by atoms with E-state index in [1.165, 1.54) is 18.2 Å². The van der Waals surface area contributed by atoms with E-state index in [1.54, 1.807) is 42.7 Å². The molecule has 6 N–H and O–H groups in total. The number of carbonyl (C=O) groups excluding carboxylic acids is 2. The molecule has 0 aliphatic carbocycles. The summed E-state index contributed by atoms with van der Waals surface area (Å²) in [4.78, 5) is 44.3. The SMILES string of the molecule is O=C(Nc1ccccc1Br)N[C@@H](CNC(=O)c1ccc(OCCNc2ncccn2)cc1O)C(=O)O. The molecule has 0 saturated carbocycles. The van der Waals surface area contributed by atoms with Crippen LogP contribution in [0.4, 0.5) is 16.4 Å². The molecule has 0 bridgehead atoms. The molecule has 0 saturated heterocycles. The Kier molecular flexibility index (Phi) is 9.40. The van der Waals surface area contributed by atoms with Crippen molar-refractivity contribution in [3.63, 3.8) is 0 Å². The first kappa shape index (κ1) is 26.2. The van der Waals surface area contributed by atoms with Gasteiger partial charge in [0.1, 0.15) is 24.1 Å². The number of phenolic OH excluding ortho intramolecular Hbond substituents is 1. The summed E-state index contributed by atoms with van der Waals surface area (Å²) in [5.74, 6) is -1.64. The number of amides is 3. The predicted octanol–water partition coefficient (Wildman–Crippen LogP) is 2.44. The van der Waals surface area contributed by atoms with E-state index in [0.717, 1.165) is 0 Å². The van der Waals surface area contributed by atoms with Crippen LogP contribution >= 0.6 is 15.9 Å². The number of anilines is 2. The molecule has 3 aromatic rings. The van der Waals surface area contributed by atoms with Gasteiger partial charge < -0.3 is 36.2 Å². The number of ether oxygens (including phenoxy) is 1. The standard InChI is InChI=1S/C23H23BrN6O6/c24-16-4-1-2-5-17(16)29-23(35)30-18(21(33)34)13-28-20(32)15-7-6-14(12-19(15)31)36-11-10-27-22-25-8-3-9-26-22/h1-9,12,18,31H,10-11,13H2,(H,28,32)(H,33,34)(H,25,26,27)(H2,29,30,35)/t18-/m0/s1. The first-order chi connectivity index (χ1) is 17.3. The Labute approximate surface area is 214 Å². The van der Waals surface area contributed by atoms with Crippen molar-refractivity contribution in [1.82, 2.24) is 20.6 Å². The van der Waals surface area contributed by atoms with E-state index in [0.29, 0.717) is 28.4 Å². The Balaban J connectivity index is 1.48. The fourth-order valence-corrected chi connectivity index (χ4v) is 3.27. The van der Waals surface area contributed by atoms with Gasteiger partial charge in [0.05, 0.1) is 17.8 Å². The lowest BCUT2D eigenvalue weighted by Crippen LogP contribution is -2.49. The van der Waals surface area contributed by atoms with Gasteiger partial charge in [0, 0.05) is 29.5 Å². The van der Waals surface area contributed by atoms with E-state index in [2.05, 4.69) is 47.2 Å². The molecule has 2 aromatic carbocycles. The van der Waals surface area contributed by atoms with E-state index < -0.39 is 30.5 Å². The summed E-state index contributed by atoms with van der Waals surface area (Å²) in [5.41, 5.74) is 0.361. The molecule has 1 heterocycles. The number of nitrogens with one attached hydrogen (secondary N) is 4. The maximum atomic E-state index is 12.5. The molecule has 0 unspecified atom stereocenters. The van der Waals surface area contributed by atoms with Crippen LogP contribution < -0.4 is 26.0 Å². The fraction of sp³-hybridized carbons (Fsp3) is 0.174. The van der Waals surface area contributed by atoms with E-state index in [4.69, 9.17) is 4.74 Å². The van der Waals surface area contributed by atoms with Gasteiger partial charge in [-0.15, -0.1) is 0 Å². The van der Waals surface area contributed by atoms with Gasteiger partial charge in [-0.2, -0.15) is 0 Å². The lowest BCUT2D eigenvalue weighted by molar-refractivity contribution is -0.138. The second-order valence-electron chi connectivity index (χ2n) is 7.21. The molecule has 1 aromatic heterocycles. The highest BCUT2D eigenvalue weighted by molar-refractivity contribution is 9.10. The van der Waals surface area contributed by atoms with Gasteiger partial charge in [0.2, 0.25) is 5.95 Å². The first-order valence-corrected chi connectivity index (χ1v) is 11.4. The van der Waals surface area contributed by atoms with Crippen LogP contribution in [0.15, 0.2) is 65.4 Å². The smallest absolute Gasteiger partial charge is 0.328 e. The number of hydrogen-bond donors (Lipinski definition) is 6. The average molecular weight is 559 g/mol. The Morgan fingerprint density at radius 3 is 2.50 bits per heavy atom. The second-order valence-corrected chi connectivity index (χ2v) is 8.06. The zero-order valence-corrected chi connectivity index (χ0v) is 20.4. The average Bonchev–Trinajstić information content (AvgIpc) is 2.86. The van der Waals surface area contributed by atoms with Gasteiger partial charge in [-0.05, 0) is 46.3 Å². The van der Waals surface area contributed by atoms with Gasteiger partial charge in [0.15, 0.2) is 0 Å². The Morgan fingerprint density at radius 2 is 1.81 bits per heavy atom. The minimum atomic E-state index is -1.41. The first-order valence-electron chi connectivity index (χ1n) is 10.6. The second kappa shape index (κ2) is 12.9. The summed E-state index contributed by atoms with van der Waals surface area (Å²) < 4.78 is 6.14. The van der Waals surface area contributed by atoms with Crippen LogP contribution in [0.5, 0.6) is 11.5 Å². The summed E-state index contributed by atoms with van der Waals surface area (Å²) >= 11 is 3.28. The van der Waals surface area contributed by atoms with Crippen molar-refractivity contribution < 1.29 is 29.3 Å². The normalized spacial score (nSPS) is 11.1. The number of aromatic nitrogens is 2. The maximum absolute atomic E-state index is 12.5. The highest BCUT2D eigenvalue weighted by Crippen LogP contribution is 2.24. The van der Waals surface area contributed by atoms with Crippen LogP contribution in [-0.2, 0) is 4.79 Å². The third kappa shape index (κ3) is 7.84. The van der Waals surface area contributed by atoms with Crippen molar-refractivity contribution in [1.29, 1.82) is 0 Å². The molecule has 12 nitrogen and oxygen atoms in total. The van der Waals surface area contributed by atoms with Crippen molar-refractivity contribution in [3.05, 3.63) is 71.0 Å². The number of carboxylic acid groups (broad SMARTS) is 1. The van der Waals surface area contributed by atoms with Crippen molar-refractivity contribution in [2.75, 3.05) is 30.3 Å². The lowest BCUT2D eigenvalue weighted by Gasteiger charge is -2.17. The molecule has 36 heavy (non-hydrogen) atoms. The van der Waals surface area contributed by atoms with E-state index in [1.807, 2.05) is 0 Å². The monoisotopic (exact) mass is 558 g/mol. The van der Waals surface area contributed by atoms with Gasteiger partial charge in [0.25, 0.3) is 5.91 Å². The number of phenols is 1. The number of nitrogens with zero attached hydrogens (tertiary/aromatic N) is 2. The van der Waals surface area contributed by atoms with Crippen LogP contribution in [-0.4, -0.2) is 63.8 Å². The molecule has 0 aliphatic heterocycles. The zero-order valence-electron chi connectivity index (χ0n) is 18.8. The third-order valence-corrected chi connectivity index (χ3v) is 5.32. The minimum absolute atomic E-state index is 0.0834. The van der Waals surface area contributed by atoms with Gasteiger partial charge >= 0.3 is 12.0 Å². The Bertz CT molecular complexity index is 1210. The van der Waals surface area contributed by atoms with E-state index in [-0.39, 0.29) is 17.9 Å². The number of para-hydroxylation sites is 1. The van der Waals surface area contributed by atoms with Gasteiger partial charge in [-0.3, -0.25) is 4.79 Å². The zero-order chi connectivity index (χ0) is 25.9. The minimum Gasteiger partial charge on any atom is -0.507 e. The quantitative estimate of drug-likeness (QED) is 0.193. The number of aliphatic carboxylic acids is 1. The molecule has 0 fully saturated rings. The molecule has 1 atom stereocenters. The highest BCUT2D eigenvalue weighted by Gasteiger charge is 2.22. The topological polar surface area (TPSA) is 175 Å². The molecular formula is C23H23BrN6O6. The summed E-state index contributed by atoms with van der Waals surface area (Å²) in [6.07, 6.45) is 3.21. The summed E-state index contributed by atoms with van der Waals surface area (Å²) in [6.45, 7) is 0.241. The van der Waals surface area contributed by atoms with Crippen molar-refractivity contribution in [2.45, 2.75) is 6.04 Å². The number of hydrogen-bond acceptors (Lipinski definition) is 8. The number of carboxylic acids is 1. The van der Waals surface area contributed by atoms with Crippen LogP contribution in [0.1, 0.15) is 10.4 Å². The van der Waals surface area contributed by atoms with Gasteiger partial charge in [-0.25, -0.2) is 19.6 Å². The Hall–Kier alpha value is -4.39. The Morgan fingerprint density at radius 1 is 1.06 bits per heavy atom. The number of carbonyl (C=O) groups is 3. The molecule has 0 aliphatic rings. The molecular weight excluding hydrogens is 536 g/mol. The summed E-state index contributed by atoms with van der Waals surface area (Å²) in [5, 5.41) is 29.8. The van der Waals surface area contributed by atoms with Crippen molar-refractivity contribution in [3.8, 4) is 11.5 Å². The molecule has 188 valence electrons. The maximum Gasteiger partial charge on any atom is 0.328 e. The number of rotatable bonds is 11. The molecule has 3 amide bonds. The lowest BCUT2D eigenvalue weighted by atomic mass is 10.1. The van der Waals surface area contributed by atoms with Crippen molar-refractivity contribution >= 4 is 45.5 Å². The summed E-state index contributed by atoms with van der Waals surface area (Å²) in [6, 6.07) is 10.4. The number of benzene rings is 2. The summed E-state index contributed by atoms with van der Waals surface area (Å²) in [7, 11) is 0. The van der Waals surface area contributed by atoms with E-state index >= 15 is 0 Å². The molecule has 0 spiro atoms. The largest absolute Gasteiger partial charge is 0.507 e. The molecule has 0 radical (unpaired) electrons. The van der Waals surface area contributed by atoms with Gasteiger partial charge in [-0.1, -0.05) is 12.1 Å². The van der Waals surface area contributed by atoms with Crippen molar-refractivity contribution in [2.24, 2.45) is 0 Å². The molecule has 3 rings (SSSR count). The van der Waals surface area contributed by atoms with E-state index in [9.17, 15) is 24.6 Å². The highest BCUT2D eigenvalue weighted by atomic mass is 79.9. The molecule has 13 heteroatoms. The van der Waals surface area contributed by atoms with Crippen LogP contribution in [0, 0.1) is 0 Å². The number of urea groups is 1.